The van der Waals surface area contributed by atoms with Gasteiger partial charge >= 0.3 is 0 Å². The van der Waals surface area contributed by atoms with Crippen molar-refractivity contribution in [3.8, 4) is 0 Å². The number of hydrogen-bond donors (Lipinski definition) is 1. The highest BCUT2D eigenvalue weighted by atomic mass is 32.1. The number of fused-ring (bicyclic) bond motifs is 1. The van der Waals surface area contributed by atoms with Crippen LogP contribution < -0.4 is 10.2 Å². The van der Waals surface area contributed by atoms with Gasteiger partial charge in [-0.1, -0.05) is 12.1 Å². The maximum atomic E-state index is 12.6. The molecule has 1 fully saturated rings. The van der Waals surface area contributed by atoms with E-state index in [4.69, 9.17) is 0 Å². The molecule has 6 nitrogen and oxygen atoms in total. The molecule has 0 bridgehead atoms. The molecule has 1 unspecified atom stereocenters. The largest absolute Gasteiger partial charge is 0.372 e. The summed E-state index contributed by atoms with van der Waals surface area (Å²) >= 11 is 1.60. The first-order valence-corrected chi connectivity index (χ1v) is 7.97. The molecule has 23 heavy (non-hydrogen) atoms. The van der Waals surface area contributed by atoms with E-state index in [1.807, 2.05) is 29.6 Å². The van der Waals surface area contributed by atoms with Crippen molar-refractivity contribution in [1.29, 1.82) is 0 Å². The lowest BCUT2D eigenvalue weighted by Gasteiger charge is -2.15. The van der Waals surface area contributed by atoms with E-state index in [9.17, 15) is 9.59 Å². The number of carbonyl (C=O) groups excluding carboxylic acids is 2. The zero-order valence-corrected chi connectivity index (χ0v) is 12.8. The van der Waals surface area contributed by atoms with Crippen LogP contribution in [0.15, 0.2) is 48.2 Å². The number of anilines is 2. The van der Waals surface area contributed by atoms with Gasteiger partial charge in [0.2, 0.25) is 5.91 Å². The molecule has 1 aliphatic rings. The van der Waals surface area contributed by atoms with Crippen molar-refractivity contribution < 1.29 is 9.59 Å². The molecule has 3 aromatic rings. The van der Waals surface area contributed by atoms with Gasteiger partial charge in [-0.15, -0.1) is 11.3 Å². The number of thiophene rings is 1. The zero-order valence-electron chi connectivity index (χ0n) is 12.0. The molecule has 0 saturated carbocycles. The lowest BCUT2D eigenvalue weighted by molar-refractivity contribution is -0.121. The van der Waals surface area contributed by atoms with Crippen LogP contribution in [-0.4, -0.2) is 27.8 Å². The van der Waals surface area contributed by atoms with Crippen molar-refractivity contribution in [1.82, 2.24) is 9.97 Å². The third-order valence-electron chi connectivity index (χ3n) is 3.73. The monoisotopic (exact) mass is 324 g/mol. The minimum Gasteiger partial charge on any atom is -0.372 e. The highest BCUT2D eigenvalue weighted by molar-refractivity contribution is 7.17. The fraction of sp³-hybridized carbons (Fsp3) is 0.125. The number of benzene rings is 1. The van der Waals surface area contributed by atoms with Gasteiger partial charge in [0.15, 0.2) is 5.82 Å². The Balaban J connectivity index is 1.63. The van der Waals surface area contributed by atoms with E-state index in [-0.39, 0.29) is 24.1 Å². The second kappa shape index (κ2) is 5.44. The summed E-state index contributed by atoms with van der Waals surface area (Å²) < 4.78 is 1.07. The summed E-state index contributed by atoms with van der Waals surface area (Å²) in [5, 5.41) is 6.32. The number of nitrogens with one attached hydrogen (secondary N) is 1. The SMILES string of the molecule is O=C1CC(Nc2cccc3ccsc23)C(=O)N1c1cnccn1. The number of hydrogen-bond acceptors (Lipinski definition) is 6. The molecule has 1 aliphatic heterocycles. The summed E-state index contributed by atoms with van der Waals surface area (Å²) in [6, 6.07) is 7.31. The quantitative estimate of drug-likeness (QED) is 0.749. The van der Waals surface area contributed by atoms with Gasteiger partial charge in [0, 0.05) is 12.4 Å². The molecule has 1 N–H and O–H groups in total. The lowest BCUT2D eigenvalue weighted by atomic mass is 10.2. The van der Waals surface area contributed by atoms with Crippen LogP contribution in [-0.2, 0) is 9.59 Å². The predicted molar refractivity (Wildman–Crippen MR) is 88.4 cm³/mol. The summed E-state index contributed by atoms with van der Waals surface area (Å²) in [5.41, 5.74) is 0.865. The number of carbonyl (C=O) groups is 2. The first-order chi connectivity index (χ1) is 11.2. The molecular formula is C16H12N4O2S. The van der Waals surface area contributed by atoms with E-state index in [0.29, 0.717) is 0 Å². The van der Waals surface area contributed by atoms with E-state index >= 15 is 0 Å². The number of nitrogens with zero attached hydrogens (tertiary/aromatic N) is 3. The molecule has 4 rings (SSSR count). The maximum Gasteiger partial charge on any atom is 0.258 e. The van der Waals surface area contributed by atoms with Gasteiger partial charge in [-0.25, -0.2) is 9.88 Å². The first-order valence-electron chi connectivity index (χ1n) is 7.09. The first kappa shape index (κ1) is 13.8. The smallest absolute Gasteiger partial charge is 0.258 e. The molecule has 1 atom stereocenters. The Morgan fingerprint density at radius 2 is 2.13 bits per heavy atom. The number of aromatic nitrogens is 2. The average Bonchev–Trinajstić information content (AvgIpc) is 3.14. The van der Waals surface area contributed by atoms with Crippen molar-refractivity contribution in [2.45, 2.75) is 12.5 Å². The molecule has 0 spiro atoms. The third kappa shape index (κ3) is 2.35. The second-order valence-electron chi connectivity index (χ2n) is 5.18. The van der Waals surface area contributed by atoms with E-state index < -0.39 is 6.04 Å². The van der Waals surface area contributed by atoms with Crippen LogP contribution in [0.5, 0.6) is 0 Å². The van der Waals surface area contributed by atoms with Gasteiger partial charge in [0.1, 0.15) is 6.04 Å². The van der Waals surface area contributed by atoms with Crippen LogP contribution in [0.4, 0.5) is 11.5 Å². The summed E-state index contributed by atoms with van der Waals surface area (Å²) in [4.78, 5) is 33.8. The highest BCUT2D eigenvalue weighted by Crippen LogP contribution is 2.31. The Kier molecular flexibility index (Phi) is 3.27. The fourth-order valence-corrected chi connectivity index (χ4v) is 3.56. The molecule has 3 heterocycles. The Morgan fingerprint density at radius 1 is 1.22 bits per heavy atom. The van der Waals surface area contributed by atoms with Crippen molar-refractivity contribution in [2.75, 3.05) is 10.2 Å². The van der Waals surface area contributed by atoms with Crippen molar-refractivity contribution in [3.63, 3.8) is 0 Å². The van der Waals surface area contributed by atoms with E-state index in [1.54, 1.807) is 11.3 Å². The van der Waals surface area contributed by atoms with E-state index in [2.05, 4.69) is 15.3 Å². The van der Waals surface area contributed by atoms with Crippen LogP contribution in [0, 0.1) is 0 Å². The Labute approximate surface area is 135 Å². The van der Waals surface area contributed by atoms with Gasteiger partial charge < -0.3 is 5.32 Å². The summed E-state index contributed by atoms with van der Waals surface area (Å²) in [7, 11) is 0. The Morgan fingerprint density at radius 3 is 2.96 bits per heavy atom. The fourth-order valence-electron chi connectivity index (χ4n) is 2.69. The summed E-state index contributed by atoms with van der Waals surface area (Å²) in [5.74, 6) is -0.309. The molecule has 2 aromatic heterocycles. The highest BCUT2D eigenvalue weighted by Gasteiger charge is 2.40. The van der Waals surface area contributed by atoms with Gasteiger partial charge in [0.05, 0.1) is 23.0 Å². The van der Waals surface area contributed by atoms with Crippen molar-refractivity contribution in [3.05, 3.63) is 48.2 Å². The zero-order chi connectivity index (χ0) is 15.8. The van der Waals surface area contributed by atoms with Crippen LogP contribution >= 0.6 is 11.3 Å². The molecule has 1 aromatic carbocycles. The molecule has 1 saturated heterocycles. The standard InChI is InChI=1S/C16H12N4O2S/c21-14-8-12(16(22)20(14)13-9-17-5-6-18-13)19-11-3-1-2-10-4-7-23-15(10)11/h1-7,9,12,19H,8H2. The number of rotatable bonds is 3. The summed E-state index contributed by atoms with van der Waals surface area (Å²) in [6.45, 7) is 0. The maximum absolute atomic E-state index is 12.6. The molecule has 7 heteroatoms. The molecule has 0 radical (unpaired) electrons. The minimum atomic E-state index is -0.586. The third-order valence-corrected chi connectivity index (χ3v) is 4.70. The van der Waals surface area contributed by atoms with Crippen LogP contribution in [0.2, 0.25) is 0 Å². The van der Waals surface area contributed by atoms with Gasteiger partial charge in [-0.2, -0.15) is 0 Å². The van der Waals surface area contributed by atoms with Crippen LogP contribution in [0.3, 0.4) is 0 Å². The van der Waals surface area contributed by atoms with Crippen LogP contribution in [0.1, 0.15) is 6.42 Å². The number of imide groups is 1. The van der Waals surface area contributed by atoms with E-state index in [0.717, 1.165) is 20.7 Å². The average molecular weight is 324 g/mol. The van der Waals surface area contributed by atoms with E-state index in [1.165, 1.54) is 18.6 Å². The summed E-state index contributed by atoms with van der Waals surface area (Å²) in [6.07, 6.45) is 4.49. The van der Waals surface area contributed by atoms with Crippen molar-refractivity contribution in [2.24, 2.45) is 0 Å². The minimum absolute atomic E-state index is 0.108. The van der Waals surface area contributed by atoms with Gasteiger partial charge in [-0.05, 0) is 22.9 Å². The van der Waals surface area contributed by atoms with Gasteiger partial charge in [0.25, 0.3) is 5.91 Å². The lowest BCUT2D eigenvalue weighted by Crippen LogP contribution is -2.35. The molecular weight excluding hydrogens is 312 g/mol. The predicted octanol–water partition coefficient (Wildman–Crippen LogP) is 2.44. The second-order valence-corrected chi connectivity index (χ2v) is 6.09. The number of amides is 2. The van der Waals surface area contributed by atoms with Crippen LogP contribution in [0.25, 0.3) is 10.1 Å². The van der Waals surface area contributed by atoms with Crippen molar-refractivity contribution >= 4 is 44.7 Å². The Bertz CT molecular complexity index is 893. The molecule has 2 amide bonds. The topological polar surface area (TPSA) is 75.2 Å². The molecule has 114 valence electrons. The van der Waals surface area contributed by atoms with Gasteiger partial charge in [-0.3, -0.25) is 14.6 Å². The molecule has 0 aliphatic carbocycles. The normalized spacial score (nSPS) is 17.9. The Hall–Kier alpha value is -2.80.